The maximum absolute atomic E-state index is 13.0. The van der Waals surface area contributed by atoms with Crippen LogP contribution in [-0.4, -0.2) is 75.2 Å². The minimum Gasteiger partial charge on any atom is -0.394 e. The van der Waals surface area contributed by atoms with Crippen molar-refractivity contribution in [2.24, 2.45) is 0 Å². The zero-order valence-electron chi connectivity index (χ0n) is 18.4. The summed E-state index contributed by atoms with van der Waals surface area (Å²) in [6.07, 6.45) is -3.47. The van der Waals surface area contributed by atoms with E-state index in [-0.39, 0.29) is 6.42 Å². The molecule has 0 radical (unpaired) electrons. The van der Waals surface area contributed by atoms with Crippen LogP contribution in [0.4, 0.5) is 0 Å². The lowest BCUT2D eigenvalue weighted by Crippen LogP contribution is -2.64. The highest BCUT2D eigenvalue weighted by atomic mass is 16.6. The van der Waals surface area contributed by atoms with Crippen LogP contribution in [0.2, 0.25) is 0 Å². The number of hydrogen-bond acceptors (Lipinski definition) is 7. The van der Waals surface area contributed by atoms with Gasteiger partial charge in [0.05, 0.1) is 25.3 Å². The number of fused-ring (bicyclic) bond motifs is 3. The third-order valence-electron chi connectivity index (χ3n) is 6.84. The monoisotopic (exact) mass is 448 g/mol. The van der Waals surface area contributed by atoms with Crippen molar-refractivity contribution in [1.82, 2.24) is 10.3 Å². The van der Waals surface area contributed by atoms with Gasteiger partial charge in [-0.15, -0.1) is 0 Å². The average molecular weight is 449 g/mol. The molecule has 2 aliphatic rings. The van der Waals surface area contributed by atoms with Gasteiger partial charge >= 0.3 is 0 Å². The highest BCUT2D eigenvalue weighted by Crippen LogP contribution is 2.42. The number of amides is 1. The van der Waals surface area contributed by atoms with E-state index in [1.807, 2.05) is 13.0 Å². The maximum atomic E-state index is 13.0. The van der Waals surface area contributed by atoms with E-state index in [1.165, 1.54) is 5.56 Å². The number of aliphatic hydroxyl groups excluding tert-OH is 4. The molecule has 1 aromatic heterocycles. The van der Waals surface area contributed by atoms with Crippen molar-refractivity contribution in [2.75, 3.05) is 13.2 Å². The van der Waals surface area contributed by atoms with Gasteiger partial charge in [0.15, 0.2) is 6.29 Å². The second-order valence-electron chi connectivity index (χ2n) is 8.62. The maximum Gasteiger partial charge on any atom is 0.223 e. The average Bonchev–Trinajstić information content (AvgIpc) is 3.19. The molecule has 0 aliphatic carbocycles. The molecule has 1 amide bonds. The van der Waals surface area contributed by atoms with Gasteiger partial charge in [-0.3, -0.25) is 4.79 Å². The summed E-state index contributed by atoms with van der Waals surface area (Å²) in [4.78, 5) is 16.6. The lowest BCUT2D eigenvalue weighted by atomic mass is 9.85. The predicted molar refractivity (Wildman–Crippen MR) is 116 cm³/mol. The fourth-order valence-electron chi connectivity index (χ4n) is 4.99. The van der Waals surface area contributed by atoms with Crippen LogP contribution >= 0.6 is 0 Å². The number of rotatable bonds is 6. The number of nitrogens with one attached hydrogen (secondary N) is 2. The van der Waals surface area contributed by atoms with Crippen LogP contribution in [-0.2, 0) is 32.7 Å². The van der Waals surface area contributed by atoms with E-state index in [2.05, 4.69) is 29.4 Å². The quantitative estimate of drug-likeness (QED) is 0.371. The summed E-state index contributed by atoms with van der Waals surface area (Å²) in [5.41, 5.74) is 3.43. The van der Waals surface area contributed by atoms with Crippen molar-refractivity contribution in [3.05, 3.63) is 35.0 Å². The fraction of sp³-hybridized carbons (Fsp3) is 0.609. The molecule has 1 aromatic carbocycles. The molecule has 0 saturated carbocycles. The predicted octanol–water partition coefficient (Wildman–Crippen LogP) is 0.214. The largest absolute Gasteiger partial charge is 0.394 e. The molecular formula is C23H32N2O7. The van der Waals surface area contributed by atoms with Crippen LogP contribution in [0.1, 0.15) is 43.5 Å². The summed E-state index contributed by atoms with van der Waals surface area (Å²) >= 11 is 0. The summed E-state index contributed by atoms with van der Waals surface area (Å²) in [7, 11) is 0. The van der Waals surface area contributed by atoms with E-state index in [9.17, 15) is 25.2 Å². The number of hydrogen-bond donors (Lipinski definition) is 6. The summed E-state index contributed by atoms with van der Waals surface area (Å²) < 4.78 is 11.3. The number of ether oxygens (including phenoxy) is 2. The van der Waals surface area contributed by atoms with Crippen LogP contribution < -0.4 is 5.32 Å². The Morgan fingerprint density at radius 1 is 1.25 bits per heavy atom. The van der Waals surface area contributed by atoms with Gasteiger partial charge in [-0.25, -0.2) is 0 Å². The second-order valence-corrected chi connectivity index (χ2v) is 8.62. The van der Waals surface area contributed by atoms with E-state index >= 15 is 0 Å². The minimum absolute atomic E-state index is 0.0275. The van der Waals surface area contributed by atoms with Crippen molar-refractivity contribution >= 4 is 16.8 Å². The molecular weight excluding hydrogens is 416 g/mol. The molecule has 0 spiro atoms. The Labute approximate surface area is 186 Å². The Balaban J connectivity index is 1.59. The first kappa shape index (κ1) is 23.2. The molecule has 32 heavy (non-hydrogen) atoms. The van der Waals surface area contributed by atoms with Gasteiger partial charge in [-0.2, -0.15) is 0 Å². The van der Waals surface area contributed by atoms with Gasteiger partial charge in [0.1, 0.15) is 30.0 Å². The molecule has 176 valence electrons. The Morgan fingerprint density at radius 3 is 2.72 bits per heavy atom. The number of H-pyrrole nitrogens is 1. The number of aliphatic hydroxyl groups is 4. The van der Waals surface area contributed by atoms with Crippen molar-refractivity contribution < 1.29 is 34.7 Å². The Kier molecular flexibility index (Phi) is 6.58. The lowest BCUT2D eigenvalue weighted by molar-refractivity contribution is -0.254. The third-order valence-corrected chi connectivity index (χ3v) is 6.84. The Hall–Kier alpha value is -2.01. The van der Waals surface area contributed by atoms with Crippen molar-refractivity contribution in [3.8, 4) is 0 Å². The number of aromatic nitrogens is 1. The first-order valence-corrected chi connectivity index (χ1v) is 11.2. The van der Waals surface area contributed by atoms with Crippen molar-refractivity contribution in [1.29, 1.82) is 0 Å². The molecule has 1 unspecified atom stereocenters. The van der Waals surface area contributed by atoms with Crippen LogP contribution in [0.3, 0.4) is 0 Å². The van der Waals surface area contributed by atoms with Gasteiger partial charge in [0.25, 0.3) is 0 Å². The van der Waals surface area contributed by atoms with Crippen LogP contribution in [0.25, 0.3) is 10.9 Å². The molecule has 6 atom stereocenters. The SMILES string of the molecule is CCc1cccc2c3c([nH]c12)C(CC)(CC(=O)N[C@H]1[C@@H](O)[C@@H](O)[C@H](CO)O[C@@H]1O)OCC3. The van der Waals surface area contributed by atoms with Gasteiger partial charge in [0.2, 0.25) is 5.91 Å². The number of para-hydroxylation sites is 1. The molecule has 3 heterocycles. The summed E-state index contributed by atoms with van der Waals surface area (Å²) in [6, 6.07) is 4.98. The first-order valence-electron chi connectivity index (χ1n) is 11.2. The Bertz CT molecular complexity index is 977. The molecule has 9 nitrogen and oxygen atoms in total. The highest BCUT2D eigenvalue weighted by molar-refractivity contribution is 5.88. The van der Waals surface area contributed by atoms with E-state index < -0.39 is 48.8 Å². The lowest BCUT2D eigenvalue weighted by Gasteiger charge is -2.41. The molecule has 4 rings (SSSR count). The van der Waals surface area contributed by atoms with Crippen LogP contribution in [0.5, 0.6) is 0 Å². The van der Waals surface area contributed by atoms with Crippen molar-refractivity contribution in [2.45, 2.75) is 75.8 Å². The summed E-state index contributed by atoms with van der Waals surface area (Å²) in [5, 5.41) is 43.6. The van der Waals surface area contributed by atoms with E-state index in [1.54, 1.807) is 0 Å². The number of benzene rings is 1. The standard InChI is InChI=1S/C23H32N2O7/c1-3-12-6-5-7-13-14-8-9-31-23(4-2,21(14)25-17(12)13)10-16(27)24-18-20(29)19(28)15(11-26)32-22(18)30/h5-7,15,18-20,22,25-26,28-30H,3-4,8-11H2,1-2H3,(H,24,27)/t15-,18-,19-,20+,22-,23?/m0/s1. The Morgan fingerprint density at radius 2 is 2.03 bits per heavy atom. The molecule has 1 fully saturated rings. The number of aryl methyl sites for hydroxylation is 1. The molecule has 2 aliphatic heterocycles. The fourth-order valence-corrected chi connectivity index (χ4v) is 4.99. The number of carbonyl (C=O) groups excluding carboxylic acids is 1. The molecule has 1 saturated heterocycles. The topological polar surface area (TPSA) is 144 Å². The van der Waals surface area contributed by atoms with Gasteiger partial charge in [-0.05, 0) is 30.4 Å². The first-order chi connectivity index (χ1) is 15.3. The highest BCUT2D eigenvalue weighted by Gasteiger charge is 2.46. The molecule has 9 heteroatoms. The number of aromatic amines is 1. The minimum atomic E-state index is -1.56. The van der Waals surface area contributed by atoms with E-state index in [0.717, 1.165) is 35.0 Å². The normalized spacial score (nSPS) is 32.6. The molecule has 6 N–H and O–H groups in total. The zero-order chi connectivity index (χ0) is 23.0. The molecule has 0 bridgehead atoms. The molecule has 2 aromatic rings. The summed E-state index contributed by atoms with van der Waals surface area (Å²) in [6.45, 7) is 3.97. The van der Waals surface area contributed by atoms with Crippen LogP contribution in [0.15, 0.2) is 18.2 Å². The van der Waals surface area contributed by atoms with Gasteiger partial charge in [-0.1, -0.05) is 32.0 Å². The van der Waals surface area contributed by atoms with Gasteiger partial charge in [0, 0.05) is 10.9 Å². The summed E-state index contributed by atoms with van der Waals surface area (Å²) in [5.74, 6) is -0.449. The van der Waals surface area contributed by atoms with Gasteiger partial charge < -0.3 is 40.2 Å². The van der Waals surface area contributed by atoms with Crippen LogP contribution in [0, 0.1) is 0 Å². The smallest absolute Gasteiger partial charge is 0.223 e. The van der Waals surface area contributed by atoms with E-state index in [0.29, 0.717) is 13.0 Å². The zero-order valence-corrected chi connectivity index (χ0v) is 18.4. The van der Waals surface area contributed by atoms with E-state index in [4.69, 9.17) is 9.47 Å². The number of carbonyl (C=O) groups is 1. The third kappa shape index (κ3) is 3.83. The van der Waals surface area contributed by atoms with Crippen molar-refractivity contribution in [3.63, 3.8) is 0 Å². The second kappa shape index (κ2) is 9.09.